The molecule has 0 atom stereocenters. The van der Waals surface area contributed by atoms with Gasteiger partial charge in [-0.2, -0.15) is 0 Å². The molecule has 0 saturated carbocycles. The van der Waals surface area contributed by atoms with Crippen LogP contribution in [0.2, 0.25) is 0 Å². The molecule has 0 aliphatic carbocycles. The van der Waals surface area contributed by atoms with Crippen molar-refractivity contribution in [1.29, 1.82) is 0 Å². The van der Waals surface area contributed by atoms with E-state index in [1.54, 1.807) is 0 Å². The Morgan fingerprint density at radius 1 is 1.21 bits per heavy atom. The van der Waals surface area contributed by atoms with Gasteiger partial charge >= 0.3 is 0 Å². The Hall–Kier alpha value is -1.06. The van der Waals surface area contributed by atoms with Crippen molar-refractivity contribution in [3.63, 3.8) is 0 Å². The van der Waals surface area contributed by atoms with Gasteiger partial charge in [-0.15, -0.1) is 0 Å². The number of rotatable bonds is 5. The van der Waals surface area contributed by atoms with E-state index in [0.29, 0.717) is 12.6 Å². The second-order valence-corrected chi connectivity index (χ2v) is 5.86. The van der Waals surface area contributed by atoms with Crippen LogP contribution >= 0.6 is 0 Å². The van der Waals surface area contributed by atoms with Crippen LogP contribution in [0.25, 0.3) is 0 Å². The molecule has 1 heterocycles. The van der Waals surface area contributed by atoms with E-state index < -0.39 is 0 Å². The molecular weight excluding hydrogens is 234 g/mol. The predicted molar refractivity (Wildman–Crippen MR) is 82.4 cm³/mol. The lowest BCUT2D eigenvalue weighted by Crippen LogP contribution is -2.38. The van der Waals surface area contributed by atoms with E-state index in [1.807, 2.05) is 0 Å². The lowest BCUT2D eigenvalue weighted by molar-refractivity contribution is 0.371. The van der Waals surface area contributed by atoms with Crippen molar-refractivity contribution >= 4 is 5.69 Å². The van der Waals surface area contributed by atoms with Gasteiger partial charge in [0, 0.05) is 31.4 Å². The van der Waals surface area contributed by atoms with Crippen molar-refractivity contribution < 1.29 is 0 Å². The normalized spacial score (nSPS) is 17.2. The third kappa shape index (κ3) is 4.22. The van der Waals surface area contributed by atoms with Gasteiger partial charge in [0.15, 0.2) is 0 Å². The van der Waals surface area contributed by atoms with E-state index in [1.165, 1.54) is 37.2 Å². The lowest BCUT2D eigenvalue weighted by atomic mass is 9.96. The Morgan fingerprint density at radius 2 is 1.84 bits per heavy atom. The van der Waals surface area contributed by atoms with Gasteiger partial charge in [0.25, 0.3) is 0 Å². The summed E-state index contributed by atoms with van der Waals surface area (Å²) in [6.45, 7) is 8.57. The number of hydrogen-bond acceptors (Lipinski definition) is 3. The Bertz CT molecular complexity index is 364. The number of hydrogen-bond donors (Lipinski definition) is 2. The highest BCUT2D eigenvalue weighted by Gasteiger charge is 2.19. The van der Waals surface area contributed by atoms with Gasteiger partial charge in [-0.25, -0.2) is 0 Å². The van der Waals surface area contributed by atoms with E-state index in [-0.39, 0.29) is 0 Å². The van der Waals surface area contributed by atoms with Crippen molar-refractivity contribution in [1.82, 2.24) is 5.32 Å². The van der Waals surface area contributed by atoms with Crippen LogP contribution in [0.3, 0.4) is 0 Å². The maximum absolute atomic E-state index is 5.63. The molecule has 1 aromatic carbocycles. The number of nitrogens with zero attached hydrogens (tertiary/aromatic N) is 1. The van der Waals surface area contributed by atoms with Gasteiger partial charge in [-0.1, -0.05) is 26.0 Å². The van der Waals surface area contributed by atoms with E-state index in [4.69, 9.17) is 5.73 Å². The molecule has 19 heavy (non-hydrogen) atoms. The first kappa shape index (κ1) is 14.4. The fraction of sp³-hybridized carbons (Fsp3) is 0.625. The van der Waals surface area contributed by atoms with Crippen LogP contribution in [0.5, 0.6) is 0 Å². The molecule has 1 aliphatic rings. The fourth-order valence-corrected chi connectivity index (χ4v) is 2.64. The summed E-state index contributed by atoms with van der Waals surface area (Å²) < 4.78 is 0. The number of benzene rings is 1. The summed E-state index contributed by atoms with van der Waals surface area (Å²) in [7, 11) is 0. The maximum atomic E-state index is 5.63. The molecule has 0 radical (unpaired) electrons. The Balaban J connectivity index is 1.81. The quantitative estimate of drug-likeness (QED) is 0.855. The molecule has 1 fully saturated rings. The van der Waals surface area contributed by atoms with E-state index in [2.05, 4.69) is 48.3 Å². The molecule has 0 spiro atoms. The molecular formula is C16H27N3. The van der Waals surface area contributed by atoms with Crippen LogP contribution in [0.15, 0.2) is 24.3 Å². The highest BCUT2D eigenvalue weighted by molar-refractivity contribution is 5.47. The zero-order valence-electron chi connectivity index (χ0n) is 12.2. The summed E-state index contributed by atoms with van der Waals surface area (Å²) >= 11 is 0. The van der Waals surface area contributed by atoms with Gasteiger partial charge in [0.2, 0.25) is 0 Å². The summed E-state index contributed by atoms with van der Waals surface area (Å²) in [5, 5.41) is 3.55. The topological polar surface area (TPSA) is 41.3 Å². The van der Waals surface area contributed by atoms with Gasteiger partial charge in [0.1, 0.15) is 0 Å². The Labute approximate surface area is 117 Å². The van der Waals surface area contributed by atoms with E-state index >= 15 is 0 Å². The average Bonchev–Trinajstić information content (AvgIpc) is 2.46. The zero-order valence-corrected chi connectivity index (χ0v) is 12.2. The molecule has 1 aromatic rings. The van der Waals surface area contributed by atoms with Gasteiger partial charge in [0.05, 0.1) is 0 Å². The molecule has 3 N–H and O–H groups in total. The van der Waals surface area contributed by atoms with Crippen LogP contribution in [-0.4, -0.2) is 25.7 Å². The predicted octanol–water partition coefficient (Wildman–Crippen LogP) is 2.36. The summed E-state index contributed by atoms with van der Waals surface area (Å²) in [5.74, 6) is 0.835. The largest absolute Gasteiger partial charge is 0.372 e. The summed E-state index contributed by atoms with van der Waals surface area (Å²) in [5.41, 5.74) is 8.18. The molecule has 3 nitrogen and oxygen atoms in total. The minimum Gasteiger partial charge on any atom is -0.372 e. The van der Waals surface area contributed by atoms with Gasteiger partial charge < -0.3 is 16.0 Å². The Kier molecular flexibility index (Phi) is 5.23. The molecule has 1 aliphatic heterocycles. The highest BCUT2D eigenvalue weighted by atomic mass is 15.1. The molecule has 106 valence electrons. The van der Waals surface area contributed by atoms with Crippen LogP contribution in [-0.2, 0) is 6.54 Å². The molecule has 0 amide bonds. The van der Waals surface area contributed by atoms with Crippen LogP contribution in [0.1, 0.15) is 32.3 Å². The second kappa shape index (κ2) is 6.92. The third-order valence-electron chi connectivity index (χ3n) is 3.97. The standard InChI is InChI=1S/C16H27N3/c1-13(2)18-12-15-7-9-19(10-8-15)16-5-3-14(11-17)4-6-16/h3-6,13,15,18H,7-12,17H2,1-2H3. The lowest BCUT2D eigenvalue weighted by Gasteiger charge is -2.34. The number of piperidine rings is 1. The third-order valence-corrected chi connectivity index (χ3v) is 3.97. The molecule has 1 saturated heterocycles. The Morgan fingerprint density at radius 3 is 2.37 bits per heavy atom. The minimum absolute atomic E-state index is 0.599. The molecule has 2 rings (SSSR count). The van der Waals surface area contributed by atoms with Crippen LogP contribution in [0.4, 0.5) is 5.69 Å². The summed E-state index contributed by atoms with van der Waals surface area (Å²) in [6.07, 6.45) is 2.58. The molecule has 0 unspecified atom stereocenters. The van der Waals surface area contributed by atoms with Crippen molar-refractivity contribution in [2.45, 2.75) is 39.3 Å². The summed E-state index contributed by atoms with van der Waals surface area (Å²) in [4.78, 5) is 2.49. The molecule has 0 bridgehead atoms. The number of anilines is 1. The SMILES string of the molecule is CC(C)NCC1CCN(c2ccc(CN)cc2)CC1. The zero-order chi connectivity index (χ0) is 13.7. The average molecular weight is 261 g/mol. The molecule has 3 heteroatoms. The molecule has 0 aromatic heterocycles. The van der Waals surface area contributed by atoms with Crippen molar-refractivity contribution in [3.8, 4) is 0 Å². The highest BCUT2D eigenvalue weighted by Crippen LogP contribution is 2.23. The first-order valence-electron chi connectivity index (χ1n) is 7.46. The minimum atomic E-state index is 0.599. The second-order valence-electron chi connectivity index (χ2n) is 5.86. The van der Waals surface area contributed by atoms with E-state index in [0.717, 1.165) is 12.5 Å². The summed E-state index contributed by atoms with van der Waals surface area (Å²) in [6, 6.07) is 9.29. The number of nitrogens with two attached hydrogens (primary N) is 1. The van der Waals surface area contributed by atoms with Gasteiger partial charge in [-0.3, -0.25) is 0 Å². The van der Waals surface area contributed by atoms with Crippen LogP contribution < -0.4 is 16.0 Å². The smallest absolute Gasteiger partial charge is 0.0366 e. The van der Waals surface area contributed by atoms with Crippen molar-refractivity contribution in [2.24, 2.45) is 11.7 Å². The maximum Gasteiger partial charge on any atom is 0.0366 e. The van der Waals surface area contributed by atoms with Gasteiger partial charge in [-0.05, 0) is 43.0 Å². The first-order valence-corrected chi connectivity index (χ1v) is 7.46. The van der Waals surface area contributed by atoms with E-state index in [9.17, 15) is 0 Å². The fourth-order valence-electron chi connectivity index (χ4n) is 2.64. The van der Waals surface area contributed by atoms with Crippen molar-refractivity contribution in [2.75, 3.05) is 24.5 Å². The van der Waals surface area contributed by atoms with Crippen LogP contribution in [0, 0.1) is 5.92 Å². The monoisotopic (exact) mass is 261 g/mol. The number of nitrogens with one attached hydrogen (secondary N) is 1. The van der Waals surface area contributed by atoms with Crippen molar-refractivity contribution in [3.05, 3.63) is 29.8 Å². The first-order chi connectivity index (χ1) is 9.19.